The molecular weight excluding hydrogens is 443 g/mol. The molecule has 0 radical (unpaired) electrons. The summed E-state index contributed by atoms with van der Waals surface area (Å²) in [7, 11) is 0. The number of aryl methyl sites for hydroxylation is 1. The van der Waals surface area contributed by atoms with Gasteiger partial charge in [-0.25, -0.2) is 0 Å². The number of benzene rings is 1. The van der Waals surface area contributed by atoms with Crippen molar-refractivity contribution in [1.29, 1.82) is 0 Å². The number of rotatable bonds is 3. The van der Waals surface area contributed by atoms with Gasteiger partial charge in [0.05, 0.1) is 6.26 Å². The largest absolute Gasteiger partial charge is 0.516 e. The summed E-state index contributed by atoms with van der Waals surface area (Å²) in [6.45, 7) is 6.60. The Morgan fingerprint density at radius 3 is 2.81 bits per heavy atom. The van der Waals surface area contributed by atoms with Crippen molar-refractivity contribution in [2.45, 2.75) is 39.2 Å². The highest BCUT2D eigenvalue weighted by Gasteiger charge is 2.31. The van der Waals surface area contributed by atoms with Gasteiger partial charge in [0.15, 0.2) is 0 Å². The SMILES string of the molecule is Cc1cc2c(c3c1C=C(C(=C/C=C/O)/C(O)=C\I)CO3)CCC(C)(C)O2. The zero-order valence-corrected chi connectivity index (χ0v) is 17.3. The van der Waals surface area contributed by atoms with E-state index < -0.39 is 0 Å². The van der Waals surface area contributed by atoms with Crippen LogP contribution in [-0.2, 0) is 6.42 Å². The third-order valence-corrected chi connectivity index (χ3v) is 5.31. The van der Waals surface area contributed by atoms with E-state index in [0.29, 0.717) is 12.2 Å². The lowest BCUT2D eigenvalue weighted by molar-refractivity contribution is 0.0833. The van der Waals surface area contributed by atoms with Gasteiger partial charge >= 0.3 is 0 Å². The van der Waals surface area contributed by atoms with Crippen LogP contribution in [0.15, 0.2) is 45.5 Å². The maximum Gasteiger partial charge on any atom is 0.134 e. The minimum atomic E-state index is -0.160. The average molecular weight is 466 g/mol. The van der Waals surface area contributed by atoms with Crippen molar-refractivity contribution in [3.05, 3.63) is 62.2 Å². The van der Waals surface area contributed by atoms with Gasteiger partial charge in [0.2, 0.25) is 0 Å². The third kappa shape index (κ3) is 3.63. The molecular formula is C21H23IO4. The number of halogens is 1. The number of hydrogen-bond acceptors (Lipinski definition) is 4. The van der Waals surface area contributed by atoms with E-state index in [1.807, 2.05) is 29.5 Å². The zero-order chi connectivity index (χ0) is 18.9. The highest BCUT2D eigenvalue weighted by atomic mass is 127. The standard InChI is InChI=1S/C21H23IO4/c1-13-9-19-16(6-7-21(2,3)26-19)20-17(13)10-14(12-25-20)15(5-4-8-23)18(24)11-22/h4-5,8-11,23-24H,6-7,12H2,1-3H3/b8-4+,15-5-,18-11+. The summed E-state index contributed by atoms with van der Waals surface area (Å²) in [5, 5.41) is 19.2. The van der Waals surface area contributed by atoms with Gasteiger partial charge in [-0.1, -0.05) is 0 Å². The van der Waals surface area contributed by atoms with Crippen LogP contribution in [0.3, 0.4) is 0 Å². The highest BCUT2D eigenvalue weighted by Crippen LogP contribution is 2.44. The van der Waals surface area contributed by atoms with Gasteiger partial charge in [0, 0.05) is 26.4 Å². The fourth-order valence-corrected chi connectivity index (χ4v) is 3.67. The number of fused-ring (bicyclic) bond motifs is 3. The van der Waals surface area contributed by atoms with E-state index in [2.05, 4.69) is 26.0 Å². The number of ether oxygens (including phenoxy) is 2. The Hall–Kier alpha value is -1.89. The number of allylic oxidation sites excluding steroid dienone is 3. The maximum atomic E-state index is 10.2. The number of aliphatic hydroxyl groups is 2. The Kier molecular flexibility index (Phi) is 5.37. The first kappa shape index (κ1) is 18.9. The summed E-state index contributed by atoms with van der Waals surface area (Å²) in [4.78, 5) is 0. The van der Waals surface area contributed by atoms with E-state index >= 15 is 0 Å². The fourth-order valence-electron chi connectivity index (χ4n) is 3.34. The van der Waals surface area contributed by atoms with E-state index in [1.54, 1.807) is 10.2 Å². The minimum absolute atomic E-state index is 0.141. The molecule has 26 heavy (non-hydrogen) atoms. The smallest absolute Gasteiger partial charge is 0.134 e. The molecule has 5 heteroatoms. The Balaban J connectivity index is 2.08. The van der Waals surface area contributed by atoms with Crippen LogP contribution in [0.2, 0.25) is 0 Å². The van der Waals surface area contributed by atoms with Crippen molar-refractivity contribution in [2.24, 2.45) is 0 Å². The van der Waals surface area contributed by atoms with Gasteiger partial charge in [-0.05, 0) is 86.1 Å². The maximum absolute atomic E-state index is 10.2. The molecule has 0 unspecified atom stereocenters. The molecule has 2 heterocycles. The molecule has 1 aromatic rings. The number of aliphatic hydroxyl groups excluding tert-OH is 2. The lowest BCUT2D eigenvalue weighted by Gasteiger charge is -2.35. The van der Waals surface area contributed by atoms with Gasteiger partial charge in [-0.15, -0.1) is 0 Å². The molecule has 0 aliphatic carbocycles. The molecule has 0 aromatic heterocycles. The highest BCUT2D eigenvalue weighted by molar-refractivity contribution is 14.1. The molecule has 0 fully saturated rings. The van der Waals surface area contributed by atoms with E-state index in [9.17, 15) is 5.11 Å². The van der Waals surface area contributed by atoms with Gasteiger partial charge in [0.25, 0.3) is 0 Å². The third-order valence-electron chi connectivity index (χ3n) is 4.72. The summed E-state index contributed by atoms with van der Waals surface area (Å²) in [6.07, 6.45) is 8.02. The topological polar surface area (TPSA) is 58.9 Å². The van der Waals surface area contributed by atoms with Crippen LogP contribution >= 0.6 is 22.6 Å². The van der Waals surface area contributed by atoms with Crippen molar-refractivity contribution in [1.82, 2.24) is 0 Å². The Labute approximate surface area is 167 Å². The minimum Gasteiger partial charge on any atom is -0.516 e. The second-order valence-corrected chi connectivity index (χ2v) is 7.77. The van der Waals surface area contributed by atoms with Crippen molar-refractivity contribution in [2.75, 3.05) is 6.61 Å². The van der Waals surface area contributed by atoms with E-state index in [-0.39, 0.29) is 11.4 Å². The van der Waals surface area contributed by atoms with Gasteiger partial charge < -0.3 is 19.7 Å². The van der Waals surface area contributed by atoms with E-state index in [4.69, 9.17) is 14.6 Å². The summed E-state index contributed by atoms with van der Waals surface area (Å²) in [6, 6.07) is 2.07. The molecule has 2 aliphatic heterocycles. The Bertz CT molecular complexity index is 844. The quantitative estimate of drug-likeness (QED) is 0.341. The van der Waals surface area contributed by atoms with Gasteiger partial charge in [-0.2, -0.15) is 0 Å². The summed E-state index contributed by atoms with van der Waals surface area (Å²) < 4.78 is 13.9. The Morgan fingerprint density at radius 1 is 1.35 bits per heavy atom. The van der Waals surface area contributed by atoms with Crippen molar-refractivity contribution >= 4 is 28.7 Å². The van der Waals surface area contributed by atoms with Crippen molar-refractivity contribution in [3.63, 3.8) is 0 Å². The van der Waals surface area contributed by atoms with Crippen molar-refractivity contribution < 1.29 is 19.7 Å². The monoisotopic (exact) mass is 466 g/mol. The molecule has 2 aliphatic rings. The normalized spacial score (nSPS) is 19.3. The van der Waals surface area contributed by atoms with E-state index in [0.717, 1.165) is 52.9 Å². The van der Waals surface area contributed by atoms with E-state index in [1.165, 1.54) is 6.08 Å². The first-order chi connectivity index (χ1) is 12.4. The second kappa shape index (κ2) is 7.39. The summed E-state index contributed by atoms with van der Waals surface area (Å²) in [5.41, 5.74) is 4.55. The lowest BCUT2D eigenvalue weighted by atomic mass is 9.89. The van der Waals surface area contributed by atoms with Crippen LogP contribution in [0.5, 0.6) is 11.5 Å². The molecule has 3 rings (SSSR count). The van der Waals surface area contributed by atoms with Gasteiger partial charge in [0.1, 0.15) is 29.5 Å². The second-order valence-electron chi connectivity index (χ2n) is 7.15. The van der Waals surface area contributed by atoms with Crippen molar-refractivity contribution in [3.8, 4) is 11.5 Å². The molecule has 0 spiro atoms. The summed E-state index contributed by atoms with van der Waals surface area (Å²) >= 11 is 1.99. The predicted octanol–water partition coefficient (Wildman–Crippen LogP) is 5.71. The zero-order valence-electron chi connectivity index (χ0n) is 15.2. The first-order valence-corrected chi connectivity index (χ1v) is 9.81. The molecule has 0 saturated heterocycles. The molecule has 4 nitrogen and oxygen atoms in total. The molecule has 2 N–H and O–H groups in total. The molecule has 0 bridgehead atoms. The first-order valence-electron chi connectivity index (χ1n) is 8.56. The van der Waals surface area contributed by atoms with Crippen LogP contribution in [-0.4, -0.2) is 22.4 Å². The molecule has 0 saturated carbocycles. The van der Waals surface area contributed by atoms with Gasteiger partial charge in [-0.3, -0.25) is 0 Å². The molecule has 1 aromatic carbocycles. The lowest BCUT2D eigenvalue weighted by Crippen LogP contribution is -2.33. The van der Waals surface area contributed by atoms with Crippen LogP contribution in [0.4, 0.5) is 0 Å². The average Bonchev–Trinajstić information content (AvgIpc) is 2.61. The summed E-state index contributed by atoms with van der Waals surface area (Å²) in [5.74, 6) is 1.93. The molecule has 138 valence electrons. The van der Waals surface area contributed by atoms with Crippen LogP contribution < -0.4 is 9.47 Å². The number of hydrogen-bond donors (Lipinski definition) is 2. The molecule has 0 amide bonds. The van der Waals surface area contributed by atoms with Crippen LogP contribution in [0, 0.1) is 6.92 Å². The fraction of sp³-hybridized carbons (Fsp3) is 0.333. The Morgan fingerprint density at radius 2 is 2.12 bits per heavy atom. The predicted molar refractivity (Wildman–Crippen MR) is 112 cm³/mol. The van der Waals surface area contributed by atoms with Crippen LogP contribution in [0.1, 0.15) is 37.0 Å². The molecule has 0 atom stereocenters. The van der Waals surface area contributed by atoms with Crippen LogP contribution in [0.25, 0.3) is 6.08 Å².